The molecule has 0 saturated carbocycles. The van der Waals surface area contributed by atoms with Crippen LogP contribution in [-0.4, -0.2) is 34.2 Å². The Morgan fingerprint density at radius 2 is 2.05 bits per heavy atom. The molecule has 3 rings (SSSR count). The Morgan fingerprint density at radius 1 is 1.29 bits per heavy atom. The highest BCUT2D eigenvalue weighted by Gasteiger charge is 2.40. The van der Waals surface area contributed by atoms with Crippen molar-refractivity contribution in [3.63, 3.8) is 0 Å². The molecule has 0 spiro atoms. The molecule has 1 unspecified atom stereocenters. The van der Waals surface area contributed by atoms with Crippen molar-refractivity contribution in [2.24, 2.45) is 5.41 Å². The predicted octanol–water partition coefficient (Wildman–Crippen LogP) is 2.84. The molecule has 1 aliphatic rings. The SMILES string of the molecule is CC1(C(=O)O)CCN(Cc2c(O)ccc3ccccc23)C1. The first kappa shape index (κ1) is 13.9. The second kappa shape index (κ2) is 5.04. The number of nitrogens with zero attached hydrogens (tertiary/aromatic N) is 1. The Labute approximate surface area is 123 Å². The number of likely N-dealkylation sites (tertiary alicyclic amines) is 1. The van der Waals surface area contributed by atoms with Crippen molar-refractivity contribution in [2.45, 2.75) is 19.9 Å². The van der Waals surface area contributed by atoms with Crippen LogP contribution in [0.2, 0.25) is 0 Å². The summed E-state index contributed by atoms with van der Waals surface area (Å²) in [6, 6.07) is 11.6. The summed E-state index contributed by atoms with van der Waals surface area (Å²) in [5, 5.41) is 21.6. The Balaban J connectivity index is 1.89. The van der Waals surface area contributed by atoms with Crippen LogP contribution in [0.15, 0.2) is 36.4 Å². The molecule has 2 aromatic carbocycles. The number of benzene rings is 2. The third kappa shape index (κ3) is 2.47. The number of carboxylic acid groups (broad SMARTS) is 1. The van der Waals surface area contributed by atoms with Gasteiger partial charge >= 0.3 is 5.97 Å². The number of aromatic hydroxyl groups is 1. The molecule has 0 aliphatic carbocycles. The number of rotatable bonds is 3. The van der Waals surface area contributed by atoms with Crippen molar-refractivity contribution < 1.29 is 15.0 Å². The van der Waals surface area contributed by atoms with E-state index in [1.165, 1.54) is 0 Å². The van der Waals surface area contributed by atoms with Crippen LogP contribution >= 0.6 is 0 Å². The van der Waals surface area contributed by atoms with E-state index < -0.39 is 11.4 Å². The molecule has 0 bridgehead atoms. The second-order valence-corrected chi connectivity index (χ2v) is 6.11. The van der Waals surface area contributed by atoms with Crippen LogP contribution in [0.4, 0.5) is 0 Å². The fraction of sp³-hybridized carbons (Fsp3) is 0.353. The highest BCUT2D eigenvalue weighted by atomic mass is 16.4. The summed E-state index contributed by atoms with van der Waals surface area (Å²) >= 11 is 0. The minimum atomic E-state index is -0.743. The zero-order valence-corrected chi connectivity index (χ0v) is 12.0. The molecule has 0 amide bonds. The van der Waals surface area contributed by atoms with Crippen molar-refractivity contribution in [1.82, 2.24) is 4.90 Å². The third-order valence-electron chi connectivity index (χ3n) is 4.47. The summed E-state index contributed by atoms with van der Waals surface area (Å²) in [6.07, 6.45) is 0.647. The van der Waals surface area contributed by atoms with Crippen molar-refractivity contribution in [3.05, 3.63) is 42.0 Å². The lowest BCUT2D eigenvalue weighted by Crippen LogP contribution is -2.31. The van der Waals surface area contributed by atoms with Crippen LogP contribution < -0.4 is 0 Å². The monoisotopic (exact) mass is 285 g/mol. The van der Waals surface area contributed by atoms with Crippen LogP contribution in [-0.2, 0) is 11.3 Å². The number of fused-ring (bicyclic) bond motifs is 1. The van der Waals surface area contributed by atoms with E-state index in [-0.39, 0.29) is 5.75 Å². The highest BCUT2D eigenvalue weighted by molar-refractivity contribution is 5.87. The van der Waals surface area contributed by atoms with Crippen LogP contribution in [0, 0.1) is 5.41 Å². The molecular weight excluding hydrogens is 266 g/mol. The van der Waals surface area contributed by atoms with E-state index in [4.69, 9.17) is 0 Å². The Kier molecular flexibility index (Phi) is 3.33. The van der Waals surface area contributed by atoms with Gasteiger partial charge in [0.15, 0.2) is 0 Å². The molecule has 21 heavy (non-hydrogen) atoms. The maximum Gasteiger partial charge on any atom is 0.310 e. The molecule has 1 aliphatic heterocycles. The first-order valence-corrected chi connectivity index (χ1v) is 7.15. The fourth-order valence-corrected chi connectivity index (χ4v) is 3.08. The number of hydrogen-bond donors (Lipinski definition) is 2. The van der Waals surface area contributed by atoms with Gasteiger partial charge in [-0.1, -0.05) is 30.3 Å². The van der Waals surface area contributed by atoms with E-state index in [0.717, 1.165) is 22.9 Å². The van der Waals surface area contributed by atoms with Gasteiger partial charge < -0.3 is 10.2 Å². The van der Waals surface area contributed by atoms with Gasteiger partial charge in [0.2, 0.25) is 0 Å². The summed E-state index contributed by atoms with van der Waals surface area (Å²) in [5.74, 6) is -0.468. The summed E-state index contributed by atoms with van der Waals surface area (Å²) < 4.78 is 0. The van der Waals surface area contributed by atoms with Gasteiger partial charge in [-0.3, -0.25) is 9.69 Å². The van der Waals surface area contributed by atoms with Crippen molar-refractivity contribution >= 4 is 16.7 Å². The molecule has 1 saturated heterocycles. The van der Waals surface area contributed by atoms with Gasteiger partial charge in [0, 0.05) is 18.7 Å². The topological polar surface area (TPSA) is 60.8 Å². The normalized spacial score (nSPS) is 22.7. The minimum Gasteiger partial charge on any atom is -0.508 e. The zero-order valence-electron chi connectivity index (χ0n) is 12.0. The molecule has 0 radical (unpaired) electrons. The molecule has 2 aromatic rings. The second-order valence-electron chi connectivity index (χ2n) is 6.11. The van der Waals surface area contributed by atoms with E-state index in [1.807, 2.05) is 30.3 Å². The standard InChI is InChI=1S/C17H19NO3/c1-17(16(20)21)8-9-18(11-17)10-14-13-5-3-2-4-12(13)6-7-15(14)19/h2-7,19H,8-11H2,1H3,(H,20,21). The molecule has 2 N–H and O–H groups in total. The quantitative estimate of drug-likeness (QED) is 0.910. The van der Waals surface area contributed by atoms with Crippen LogP contribution in [0.25, 0.3) is 10.8 Å². The fourth-order valence-electron chi connectivity index (χ4n) is 3.08. The number of aliphatic carboxylic acids is 1. The molecule has 1 atom stereocenters. The summed E-state index contributed by atoms with van der Waals surface area (Å²) in [4.78, 5) is 13.4. The number of carboxylic acids is 1. The average Bonchev–Trinajstić information content (AvgIpc) is 2.85. The molecular formula is C17H19NO3. The van der Waals surface area contributed by atoms with E-state index in [2.05, 4.69) is 4.90 Å². The molecule has 0 aromatic heterocycles. The lowest BCUT2D eigenvalue weighted by atomic mass is 9.90. The van der Waals surface area contributed by atoms with E-state index in [0.29, 0.717) is 19.5 Å². The molecule has 1 heterocycles. The third-order valence-corrected chi connectivity index (χ3v) is 4.47. The summed E-state index contributed by atoms with van der Waals surface area (Å²) in [5.41, 5.74) is 0.197. The van der Waals surface area contributed by atoms with Gasteiger partial charge in [0.1, 0.15) is 5.75 Å². The van der Waals surface area contributed by atoms with Gasteiger partial charge in [-0.05, 0) is 36.7 Å². The van der Waals surface area contributed by atoms with E-state index >= 15 is 0 Å². The number of carbonyl (C=O) groups is 1. The predicted molar refractivity (Wildman–Crippen MR) is 81.2 cm³/mol. The van der Waals surface area contributed by atoms with Gasteiger partial charge in [-0.2, -0.15) is 0 Å². The maximum absolute atomic E-state index is 11.3. The van der Waals surface area contributed by atoms with Crippen LogP contribution in [0.1, 0.15) is 18.9 Å². The maximum atomic E-state index is 11.3. The smallest absolute Gasteiger partial charge is 0.310 e. The van der Waals surface area contributed by atoms with Crippen LogP contribution in [0.3, 0.4) is 0 Å². The highest BCUT2D eigenvalue weighted by Crippen LogP contribution is 2.34. The zero-order chi connectivity index (χ0) is 15.0. The van der Waals surface area contributed by atoms with Gasteiger partial charge in [0.25, 0.3) is 0 Å². The van der Waals surface area contributed by atoms with Crippen molar-refractivity contribution in [3.8, 4) is 5.75 Å². The number of phenolic OH excluding ortho intramolecular Hbond substituents is 1. The van der Waals surface area contributed by atoms with Gasteiger partial charge in [0.05, 0.1) is 5.41 Å². The number of phenols is 1. The minimum absolute atomic E-state index is 0.276. The average molecular weight is 285 g/mol. The summed E-state index contributed by atoms with van der Waals surface area (Å²) in [7, 11) is 0. The first-order valence-electron chi connectivity index (χ1n) is 7.15. The van der Waals surface area contributed by atoms with Crippen LogP contribution in [0.5, 0.6) is 5.75 Å². The lowest BCUT2D eigenvalue weighted by Gasteiger charge is -2.21. The first-order chi connectivity index (χ1) is 9.99. The Morgan fingerprint density at radius 3 is 2.76 bits per heavy atom. The summed E-state index contributed by atoms with van der Waals surface area (Å²) in [6.45, 7) is 3.63. The number of hydrogen-bond acceptors (Lipinski definition) is 3. The van der Waals surface area contributed by atoms with Crippen molar-refractivity contribution in [1.29, 1.82) is 0 Å². The molecule has 110 valence electrons. The van der Waals surface area contributed by atoms with Gasteiger partial charge in [-0.25, -0.2) is 0 Å². The molecule has 4 nitrogen and oxygen atoms in total. The van der Waals surface area contributed by atoms with E-state index in [9.17, 15) is 15.0 Å². The van der Waals surface area contributed by atoms with Gasteiger partial charge in [-0.15, -0.1) is 0 Å². The lowest BCUT2D eigenvalue weighted by molar-refractivity contribution is -0.147. The van der Waals surface area contributed by atoms with E-state index in [1.54, 1.807) is 13.0 Å². The Hall–Kier alpha value is -2.07. The molecule has 4 heteroatoms. The largest absolute Gasteiger partial charge is 0.508 e. The van der Waals surface area contributed by atoms with Crippen molar-refractivity contribution in [2.75, 3.05) is 13.1 Å². The molecule has 1 fully saturated rings. The Bertz CT molecular complexity index is 697.